The Labute approximate surface area is 120 Å². The predicted octanol–water partition coefficient (Wildman–Crippen LogP) is 2.47. The fraction of sp³-hybridized carbons (Fsp3) is 0.429. The van der Waals surface area contributed by atoms with Crippen LogP contribution in [0.2, 0.25) is 0 Å². The van der Waals surface area contributed by atoms with Gasteiger partial charge < -0.3 is 10.4 Å². The van der Waals surface area contributed by atoms with Gasteiger partial charge in [0.2, 0.25) is 5.91 Å². The molecule has 0 aliphatic rings. The Hall–Kier alpha value is -2.05. The molecule has 1 aromatic rings. The van der Waals surface area contributed by atoms with Gasteiger partial charge in [0.25, 0.3) is 0 Å². The van der Waals surface area contributed by atoms with Crippen LogP contribution in [0.15, 0.2) is 24.3 Å². The molecule has 0 aliphatic heterocycles. The van der Waals surface area contributed by atoms with E-state index in [9.17, 15) is 22.8 Å². The second kappa shape index (κ2) is 6.60. The highest BCUT2D eigenvalue weighted by molar-refractivity contribution is 5.84. The van der Waals surface area contributed by atoms with Crippen LogP contribution in [0.4, 0.5) is 13.2 Å². The van der Waals surface area contributed by atoms with Crippen LogP contribution in [-0.4, -0.2) is 23.0 Å². The van der Waals surface area contributed by atoms with Gasteiger partial charge in [-0.2, -0.15) is 13.2 Å². The predicted molar refractivity (Wildman–Crippen MR) is 69.6 cm³/mol. The summed E-state index contributed by atoms with van der Waals surface area (Å²) in [5, 5.41) is 11.0. The van der Waals surface area contributed by atoms with Crippen LogP contribution in [0.3, 0.4) is 0 Å². The minimum absolute atomic E-state index is 0.0993. The fourth-order valence-corrected chi connectivity index (χ4v) is 1.74. The lowest BCUT2D eigenvalue weighted by molar-refractivity contribution is -0.141. The lowest BCUT2D eigenvalue weighted by Gasteiger charge is -2.15. The Morgan fingerprint density at radius 2 is 1.90 bits per heavy atom. The molecule has 0 aliphatic carbocycles. The largest absolute Gasteiger partial charge is 0.480 e. The van der Waals surface area contributed by atoms with Gasteiger partial charge in [-0.25, -0.2) is 0 Å². The van der Waals surface area contributed by atoms with Crippen LogP contribution in [0, 0.1) is 5.92 Å². The minimum atomic E-state index is -4.43. The number of halogens is 3. The van der Waals surface area contributed by atoms with E-state index in [2.05, 4.69) is 5.32 Å². The van der Waals surface area contributed by atoms with Crippen molar-refractivity contribution in [2.75, 3.05) is 0 Å². The number of carbonyl (C=O) groups excluding carboxylic acids is 1. The first-order valence-electron chi connectivity index (χ1n) is 6.30. The van der Waals surface area contributed by atoms with Gasteiger partial charge in [0.1, 0.15) is 6.04 Å². The molecule has 7 heteroatoms. The van der Waals surface area contributed by atoms with Crippen molar-refractivity contribution in [3.63, 3.8) is 0 Å². The Kier molecular flexibility index (Phi) is 5.34. The molecule has 0 saturated heterocycles. The summed E-state index contributed by atoms with van der Waals surface area (Å²) in [7, 11) is 0. The van der Waals surface area contributed by atoms with Crippen LogP contribution >= 0.6 is 0 Å². The quantitative estimate of drug-likeness (QED) is 0.878. The van der Waals surface area contributed by atoms with Crippen molar-refractivity contribution in [3.05, 3.63) is 35.4 Å². The molecule has 0 radical (unpaired) electrons. The Bertz CT molecular complexity index is 528. The van der Waals surface area contributed by atoms with Gasteiger partial charge in [-0.05, 0) is 25.0 Å². The molecular formula is C14H16F3NO3. The van der Waals surface area contributed by atoms with E-state index >= 15 is 0 Å². The fourth-order valence-electron chi connectivity index (χ4n) is 1.74. The molecule has 2 N–H and O–H groups in total. The summed E-state index contributed by atoms with van der Waals surface area (Å²) in [4.78, 5) is 22.4. The number of amides is 1. The Morgan fingerprint density at radius 3 is 2.43 bits per heavy atom. The highest BCUT2D eigenvalue weighted by atomic mass is 19.4. The van der Waals surface area contributed by atoms with Gasteiger partial charge in [0.05, 0.1) is 5.56 Å². The van der Waals surface area contributed by atoms with Gasteiger partial charge in [-0.3, -0.25) is 9.59 Å². The highest BCUT2D eigenvalue weighted by Gasteiger charge is 2.30. The van der Waals surface area contributed by atoms with E-state index in [0.29, 0.717) is 5.56 Å². The van der Waals surface area contributed by atoms with Gasteiger partial charge in [-0.1, -0.05) is 25.1 Å². The molecule has 0 fully saturated rings. The van der Waals surface area contributed by atoms with Crippen molar-refractivity contribution >= 4 is 11.9 Å². The summed E-state index contributed by atoms with van der Waals surface area (Å²) in [6, 6.07) is 3.69. The minimum Gasteiger partial charge on any atom is -0.480 e. The summed E-state index contributed by atoms with van der Waals surface area (Å²) < 4.78 is 37.7. The number of hydrogen-bond acceptors (Lipinski definition) is 2. The van der Waals surface area contributed by atoms with Crippen molar-refractivity contribution < 1.29 is 27.9 Å². The molecule has 2 atom stereocenters. The smallest absolute Gasteiger partial charge is 0.416 e. The average Bonchev–Trinajstić information content (AvgIpc) is 2.37. The van der Waals surface area contributed by atoms with Crippen LogP contribution in [0.25, 0.3) is 0 Å². The molecule has 0 heterocycles. The zero-order valence-electron chi connectivity index (χ0n) is 11.6. The molecular weight excluding hydrogens is 287 g/mol. The lowest BCUT2D eigenvalue weighted by atomic mass is 9.98. The maximum Gasteiger partial charge on any atom is 0.416 e. The average molecular weight is 303 g/mol. The lowest BCUT2D eigenvalue weighted by Crippen LogP contribution is -2.41. The molecule has 0 spiro atoms. The van der Waals surface area contributed by atoms with Crippen molar-refractivity contribution in [1.29, 1.82) is 0 Å². The monoisotopic (exact) mass is 303 g/mol. The number of hydrogen-bond donors (Lipinski definition) is 2. The summed E-state index contributed by atoms with van der Waals surface area (Å²) in [5.41, 5.74) is -0.401. The first-order chi connectivity index (χ1) is 9.61. The molecule has 21 heavy (non-hydrogen) atoms. The van der Waals surface area contributed by atoms with Gasteiger partial charge in [0.15, 0.2) is 0 Å². The molecule has 1 amide bonds. The van der Waals surface area contributed by atoms with Crippen LogP contribution in [0.5, 0.6) is 0 Å². The summed E-state index contributed by atoms with van der Waals surface area (Å²) in [6.45, 7) is 2.85. The molecule has 116 valence electrons. The third kappa shape index (κ3) is 5.09. The van der Waals surface area contributed by atoms with Crippen molar-refractivity contribution in [3.8, 4) is 0 Å². The number of nitrogens with one attached hydrogen (secondary N) is 1. The van der Waals surface area contributed by atoms with Gasteiger partial charge >= 0.3 is 12.1 Å². The number of aliphatic carboxylic acids is 1. The molecule has 0 aromatic heterocycles. The summed E-state index contributed by atoms with van der Waals surface area (Å²) in [5.74, 6) is -2.31. The molecule has 4 nitrogen and oxygen atoms in total. The molecule has 0 bridgehead atoms. The second-order valence-electron chi connectivity index (χ2n) is 4.87. The zero-order chi connectivity index (χ0) is 16.2. The molecule has 0 saturated carbocycles. The van der Waals surface area contributed by atoms with Gasteiger partial charge in [0, 0.05) is 5.92 Å². The first-order valence-corrected chi connectivity index (χ1v) is 6.30. The number of benzene rings is 1. The maximum atomic E-state index is 12.6. The van der Waals surface area contributed by atoms with E-state index in [1.807, 2.05) is 0 Å². The van der Waals surface area contributed by atoms with Crippen LogP contribution in [-0.2, 0) is 22.2 Å². The summed E-state index contributed by atoms with van der Waals surface area (Å²) in [6.07, 6.45) is -4.33. The maximum absolute atomic E-state index is 12.6. The normalized spacial score (nSPS) is 14.3. The summed E-state index contributed by atoms with van der Waals surface area (Å²) >= 11 is 0. The number of carbonyl (C=O) groups is 2. The molecule has 1 rings (SSSR count). The van der Waals surface area contributed by atoms with Crippen molar-refractivity contribution in [2.24, 2.45) is 5.92 Å². The number of alkyl halides is 3. The Balaban J connectivity index is 2.73. The topological polar surface area (TPSA) is 66.4 Å². The van der Waals surface area contributed by atoms with Crippen LogP contribution in [0.1, 0.15) is 25.0 Å². The number of carboxylic acid groups (broad SMARTS) is 1. The first kappa shape index (κ1) is 17.0. The number of carboxylic acids is 1. The SMILES string of the molecule is CC(Cc1cccc(C(F)(F)F)c1)C(=O)N[C@@H](C)C(=O)O. The van der Waals surface area contributed by atoms with E-state index in [-0.39, 0.29) is 6.42 Å². The second-order valence-corrected chi connectivity index (χ2v) is 4.87. The third-order valence-electron chi connectivity index (χ3n) is 2.97. The van der Waals surface area contributed by atoms with Crippen LogP contribution < -0.4 is 5.32 Å². The standard InChI is InChI=1S/C14H16F3NO3/c1-8(12(19)18-9(2)13(20)21)6-10-4-3-5-11(7-10)14(15,16)17/h3-5,7-9H,6H2,1-2H3,(H,18,19)(H,20,21)/t8?,9-/m0/s1. The highest BCUT2D eigenvalue weighted by Crippen LogP contribution is 2.29. The van der Waals surface area contributed by atoms with E-state index in [1.54, 1.807) is 0 Å². The zero-order valence-corrected chi connectivity index (χ0v) is 11.6. The van der Waals surface area contributed by atoms with E-state index in [4.69, 9.17) is 5.11 Å². The van der Waals surface area contributed by atoms with E-state index in [1.165, 1.54) is 26.0 Å². The third-order valence-corrected chi connectivity index (χ3v) is 2.97. The van der Waals surface area contributed by atoms with Gasteiger partial charge in [-0.15, -0.1) is 0 Å². The van der Waals surface area contributed by atoms with E-state index < -0.39 is 35.6 Å². The van der Waals surface area contributed by atoms with Crippen molar-refractivity contribution in [2.45, 2.75) is 32.5 Å². The Morgan fingerprint density at radius 1 is 1.29 bits per heavy atom. The van der Waals surface area contributed by atoms with E-state index in [0.717, 1.165) is 12.1 Å². The van der Waals surface area contributed by atoms with Crippen molar-refractivity contribution in [1.82, 2.24) is 5.32 Å². The molecule has 1 aromatic carbocycles. The molecule has 1 unspecified atom stereocenters. The number of rotatable bonds is 5.